The third kappa shape index (κ3) is 5.09. The second-order valence-electron chi connectivity index (χ2n) is 6.82. The van der Waals surface area contributed by atoms with Gasteiger partial charge in [-0.15, -0.1) is 0 Å². The topological polar surface area (TPSA) is 86.8 Å². The van der Waals surface area contributed by atoms with E-state index in [0.717, 1.165) is 37.6 Å². The molecule has 0 unspecified atom stereocenters. The average molecular weight is 342 g/mol. The van der Waals surface area contributed by atoms with Gasteiger partial charge in [0.1, 0.15) is 11.5 Å². The fourth-order valence-electron chi connectivity index (χ4n) is 3.31. The molecule has 25 heavy (non-hydrogen) atoms. The van der Waals surface area contributed by atoms with Gasteiger partial charge in [-0.05, 0) is 45.6 Å². The Morgan fingerprint density at radius 2 is 2.16 bits per heavy atom. The van der Waals surface area contributed by atoms with E-state index >= 15 is 0 Å². The first-order valence-corrected chi connectivity index (χ1v) is 8.90. The van der Waals surface area contributed by atoms with Crippen LogP contribution in [-0.4, -0.2) is 50.4 Å². The van der Waals surface area contributed by atoms with Gasteiger partial charge >= 0.3 is 0 Å². The minimum absolute atomic E-state index is 0.145. The zero-order valence-electron chi connectivity index (χ0n) is 15.0. The summed E-state index contributed by atoms with van der Waals surface area (Å²) in [5.74, 6) is 1.43. The lowest BCUT2D eigenvalue weighted by Crippen LogP contribution is -2.36. The number of hydrogen-bond acceptors (Lipinski definition) is 5. The molecule has 1 aliphatic rings. The molecule has 3 rings (SSSR count). The van der Waals surface area contributed by atoms with Gasteiger partial charge in [-0.25, -0.2) is 9.97 Å². The van der Waals surface area contributed by atoms with Crippen molar-refractivity contribution in [2.45, 2.75) is 39.7 Å². The molecule has 1 amide bonds. The summed E-state index contributed by atoms with van der Waals surface area (Å²) in [6, 6.07) is 0. The van der Waals surface area contributed by atoms with Crippen LogP contribution >= 0.6 is 0 Å². The van der Waals surface area contributed by atoms with Crippen LogP contribution in [0, 0.1) is 19.8 Å². The first kappa shape index (κ1) is 17.5. The van der Waals surface area contributed by atoms with Crippen molar-refractivity contribution in [2.24, 2.45) is 5.92 Å². The predicted octanol–water partition coefficient (Wildman–Crippen LogP) is 1.85. The number of carbonyl (C=O) groups is 1. The highest BCUT2D eigenvalue weighted by Gasteiger charge is 2.20. The monoisotopic (exact) mass is 342 g/mol. The molecule has 1 atom stereocenters. The molecule has 0 spiro atoms. The van der Waals surface area contributed by atoms with Crippen LogP contribution in [0.2, 0.25) is 0 Å². The predicted molar refractivity (Wildman–Crippen MR) is 95.0 cm³/mol. The van der Waals surface area contributed by atoms with Gasteiger partial charge in [0.2, 0.25) is 0 Å². The van der Waals surface area contributed by atoms with Crippen LogP contribution in [-0.2, 0) is 6.54 Å². The molecule has 7 nitrogen and oxygen atoms in total. The van der Waals surface area contributed by atoms with Crippen LogP contribution in [0.4, 0.5) is 0 Å². The molecule has 1 fully saturated rings. The molecule has 2 aromatic rings. The summed E-state index contributed by atoms with van der Waals surface area (Å²) in [5, 5.41) is 2.96. The number of amides is 1. The van der Waals surface area contributed by atoms with E-state index < -0.39 is 0 Å². The van der Waals surface area contributed by atoms with Crippen LogP contribution < -0.4 is 5.32 Å². The summed E-state index contributed by atoms with van der Waals surface area (Å²) in [5.41, 5.74) is 2.36. The van der Waals surface area contributed by atoms with Crippen molar-refractivity contribution in [3.05, 3.63) is 41.5 Å². The molecule has 1 saturated heterocycles. The summed E-state index contributed by atoms with van der Waals surface area (Å²) in [6.45, 7) is 7.62. The van der Waals surface area contributed by atoms with E-state index in [-0.39, 0.29) is 5.91 Å². The fraction of sp³-hybridized carbons (Fsp3) is 0.556. The van der Waals surface area contributed by atoms with Gasteiger partial charge in [0.15, 0.2) is 0 Å². The maximum absolute atomic E-state index is 12.1. The number of aryl methyl sites for hydroxylation is 2. The lowest BCUT2D eigenvalue weighted by atomic mass is 9.94. The lowest BCUT2D eigenvalue weighted by Gasteiger charge is -2.32. The molecule has 3 heterocycles. The van der Waals surface area contributed by atoms with Crippen LogP contribution in [0.5, 0.6) is 0 Å². The van der Waals surface area contributed by atoms with Gasteiger partial charge in [-0.3, -0.25) is 14.7 Å². The standard InChI is InChI=1S/C18H26N6O/c1-13-8-22-17(10-20-13)18(25)19-6-5-15-4-3-7-24(11-15)12-16-9-21-14(2)23-16/h8-10,15H,3-7,11-12H2,1-2H3,(H,19,25)(H,21,23)/t15-/m1/s1. The smallest absolute Gasteiger partial charge is 0.271 e. The number of nitrogens with zero attached hydrogens (tertiary/aromatic N) is 4. The minimum atomic E-state index is -0.145. The Bertz CT molecular complexity index is 696. The number of piperidine rings is 1. The fourth-order valence-corrected chi connectivity index (χ4v) is 3.31. The Kier molecular flexibility index (Phi) is 5.75. The van der Waals surface area contributed by atoms with E-state index in [1.165, 1.54) is 24.7 Å². The normalized spacial score (nSPS) is 18.2. The second-order valence-corrected chi connectivity index (χ2v) is 6.82. The number of imidazole rings is 1. The van der Waals surface area contributed by atoms with Gasteiger partial charge in [0.05, 0.1) is 11.9 Å². The molecule has 0 bridgehead atoms. The first-order chi connectivity index (χ1) is 12.1. The number of hydrogen-bond donors (Lipinski definition) is 2. The highest BCUT2D eigenvalue weighted by Crippen LogP contribution is 2.20. The molecule has 2 aromatic heterocycles. The minimum Gasteiger partial charge on any atom is -0.351 e. The van der Waals surface area contributed by atoms with E-state index in [1.807, 2.05) is 20.0 Å². The van der Waals surface area contributed by atoms with Gasteiger partial charge in [-0.2, -0.15) is 0 Å². The van der Waals surface area contributed by atoms with Crippen LogP contribution in [0.3, 0.4) is 0 Å². The van der Waals surface area contributed by atoms with Crippen molar-refractivity contribution >= 4 is 5.91 Å². The highest BCUT2D eigenvalue weighted by atomic mass is 16.1. The third-order valence-electron chi connectivity index (χ3n) is 4.60. The maximum Gasteiger partial charge on any atom is 0.271 e. The molecular formula is C18H26N6O. The Balaban J connectivity index is 1.42. The number of carbonyl (C=O) groups excluding carboxylic acids is 1. The molecule has 7 heteroatoms. The SMILES string of the molecule is Cc1cnc(C(=O)NCC[C@H]2CCCN(Cc3cnc(C)[nH]3)C2)cn1. The van der Waals surface area contributed by atoms with E-state index in [0.29, 0.717) is 18.2 Å². The van der Waals surface area contributed by atoms with Gasteiger partial charge in [0, 0.05) is 37.7 Å². The number of H-pyrrole nitrogens is 1. The van der Waals surface area contributed by atoms with E-state index in [9.17, 15) is 4.79 Å². The Morgan fingerprint density at radius 1 is 1.28 bits per heavy atom. The average Bonchev–Trinajstić information content (AvgIpc) is 3.00. The molecular weight excluding hydrogens is 316 g/mol. The van der Waals surface area contributed by atoms with Crippen LogP contribution in [0.1, 0.15) is 47.0 Å². The van der Waals surface area contributed by atoms with Crippen molar-refractivity contribution in [1.29, 1.82) is 0 Å². The number of likely N-dealkylation sites (tertiary alicyclic amines) is 1. The Hall–Kier alpha value is -2.28. The Labute approximate surface area is 148 Å². The third-order valence-corrected chi connectivity index (χ3v) is 4.60. The second kappa shape index (κ2) is 8.20. The Morgan fingerprint density at radius 3 is 2.88 bits per heavy atom. The van der Waals surface area contributed by atoms with E-state index in [2.05, 4.69) is 30.2 Å². The van der Waals surface area contributed by atoms with E-state index in [4.69, 9.17) is 0 Å². The number of aromatic amines is 1. The molecule has 2 N–H and O–H groups in total. The van der Waals surface area contributed by atoms with Gasteiger partial charge in [0.25, 0.3) is 5.91 Å². The van der Waals surface area contributed by atoms with Crippen molar-refractivity contribution in [2.75, 3.05) is 19.6 Å². The summed E-state index contributed by atoms with van der Waals surface area (Å²) in [7, 11) is 0. The lowest BCUT2D eigenvalue weighted by molar-refractivity contribution is 0.0941. The maximum atomic E-state index is 12.1. The molecule has 0 aliphatic carbocycles. The van der Waals surface area contributed by atoms with Gasteiger partial charge < -0.3 is 10.3 Å². The summed E-state index contributed by atoms with van der Waals surface area (Å²) < 4.78 is 0. The number of nitrogens with one attached hydrogen (secondary N) is 2. The number of aromatic nitrogens is 4. The molecule has 1 aliphatic heterocycles. The molecule has 0 aromatic carbocycles. The molecule has 0 saturated carbocycles. The van der Waals surface area contributed by atoms with Gasteiger partial charge in [-0.1, -0.05) is 0 Å². The summed E-state index contributed by atoms with van der Waals surface area (Å²) >= 11 is 0. The molecule has 0 radical (unpaired) electrons. The van der Waals surface area contributed by atoms with Crippen LogP contribution in [0.15, 0.2) is 18.6 Å². The first-order valence-electron chi connectivity index (χ1n) is 8.90. The molecule has 134 valence electrons. The largest absolute Gasteiger partial charge is 0.351 e. The highest BCUT2D eigenvalue weighted by molar-refractivity contribution is 5.91. The van der Waals surface area contributed by atoms with E-state index in [1.54, 1.807) is 6.20 Å². The van der Waals surface area contributed by atoms with Crippen molar-refractivity contribution in [1.82, 2.24) is 30.2 Å². The quantitative estimate of drug-likeness (QED) is 0.836. The summed E-state index contributed by atoms with van der Waals surface area (Å²) in [6.07, 6.45) is 8.48. The van der Waals surface area contributed by atoms with Crippen molar-refractivity contribution in [3.63, 3.8) is 0 Å². The summed E-state index contributed by atoms with van der Waals surface area (Å²) in [4.78, 5) is 30.3. The number of rotatable bonds is 6. The van der Waals surface area contributed by atoms with Crippen molar-refractivity contribution < 1.29 is 4.79 Å². The van der Waals surface area contributed by atoms with Crippen LogP contribution in [0.25, 0.3) is 0 Å². The van der Waals surface area contributed by atoms with Crippen molar-refractivity contribution in [3.8, 4) is 0 Å². The zero-order valence-corrected chi connectivity index (χ0v) is 15.0. The zero-order chi connectivity index (χ0) is 17.6.